The summed E-state index contributed by atoms with van der Waals surface area (Å²) < 4.78 is 12.8. The molecule has 0 bridgehead atoms. The fourth-order valence-electron chi connectivity index (χ4n) is 1.12. The van der Waals surface area contributed by atoms with E-state index in [1.807, 2.05) is 0 Å². The number of amidine groups is 2. The number of hydrogen-bond acceptors (Lipinski definition) is 7. The van der Waals surface area contributed by atoms with Crippen LogP contribution in [0.3, 0.4) is 0 Å². The maximum Gasteiger partial charge on any atom is 0.340 e. The average Bonchev–Trinajstić information content (AvgIpc) is 2.67. The normalized spacial score (nSPS) is 19.9. The Hall–Kier alpha value is -2.03. The molecule has 0 aromatic rings. The maximum atomic E-state index is 11.2. The number of carboxylic acids is 1. The van der Waals surface area contributed by atoms with Gasteiger partial charge in [-0.2, -0.15) is 4.40 Å². The van der Waals surface area contributed by atoms with Gasteiger partial charge in [0.1, 0.15) is 10.9 Å². The molecule has 0 aromatic carbocycles. The molecule has 9 nitrogen and oxygen atoms in total. The van der Waals surface area contributed by atoms with Gasteiger partial charge in [0.2, 0.25) is 12.4 Å². The lowest BCUT2D eigenvalue weighted by atomic mass is 10.2. The molecule has 10 heteroatoms. The van der Waals surface area contributed by atoms with Gasteiger partial charge in [0.25, 0.3) is 0 Å². The Morgan fingerprint density at radius 3 is 2.75 bits per heavy atom. The van der Waals surface area contributed by atoms with E-state index < -0.39 is 28.6 Å². The highest BCUT2D eigenvalue weighted by Gasteiger charge is 2.33. The Morgan fingerprint density at radius 1 is 1.60 bits per heavy atom. The van der Waals surface area contributed by atoms with E-state index in [4.69, 9.17) is 15.6 Å². The van der Waals surface area contributed by atoms with Gasteiger partial charge in [0.15, 0.2) is 16.9 Å². The first-order valence-electron chi connectivity index (χ1n) is 5.38. The number of carbonyl (C=O) groups is 1. The minimum Gasteiger partial charge on any atom is -0.479 e. The van der Waals surface area contributed by atoms with E-state index in [1.165, 1.54) is 5.94 Å². The summed E-state index contributed by atoms with van der Waals surface area (Å²) in [6.07, 6.45) is -0.684. The molecule has 1 aliphatic rings. The molecule has 0 spiro atoms. The zero-order chi connectivity index (χ0) is 15.3. The first kappa shape index (κ1) is 16.0. The van der Waals surface area contributed by atoms with Crippen molar-refractivity contribution in [3.8, 4) is 0 Å². The highest BCUT2D eigenvalue weighted by molar-refractivity contribution is 8.01. The Labute approximate surface area is 117 Å². The molecule has 1 aliphatic heterocycles. The average molecular weight is 302 g/mol. The van der Waals surface area contributed by atoms with Crippen LogP contribution in [0.15, 0.2) is 20.2 Å². The summed E-state index contributed by atoms with van der Waals surface area (Å²) in [7, 11) is -1.30. The largest absolute Gasteiger partial charge is 0.479 e. The number of ether oxygens (including phenoxy) is 1. The number of aliphatic carboxylic acids is 1. The van der Waals surface area contributed by atoms with E-state index >= 15 is 0 Å². The van der Waals surface area contributed by atoms with Crippen molar-refractivity contribution >= 4 is 33.8 Å². The van der Waals surface area contributed by atoms with Gasteiger partial charge in [0, 0.05) is 0 Å². The molecular formula is C10H14N4O5S. The number of rotatable bonds is 5. The van der Waals surface area contributed by atoms with Crippen LogP contribution in [-0.4, -0.2) is 39.7 Å². The summed E-state index contributed by atoms with van der Waals surface area (Å²) >= 11 is 0. The molecule has 0 amide bonds. The highest BCUT2D eigenvalue weighted by atomic mass is 32.2. The van der Waals surface area contributed by atoms with Gasteiger partial charge in [-0.15, -0.1) is 0 Å². The van der Waals surface area contributed by atoms with Gasteiger partial charge < -0.3 is 20.4 Å². The molecule has 0 saturated heterocycles. The molecule has 0 fully saturated rings. The number of nitrogens with zero attached hydrogens (tertiary/aromatic N) is 3. The third kappa shape index (κ3) is 4.57. The molecule has 2 unspecified atom stereocenters. The summed E-state index contributed by atoms with van der Waals surface area (Å²) in [5, 5.41) is 9.13. The number of carbonyl (C=O) groups excluding carboxylic acids is 1. The lowest BCUT2D eigenvalue weighted by molar-refractivity contribution is -0.152. The third-order valence-electron chi connectivity index (χ3n) is 1.74. The molecule has 20 heavy (non-hydrogen) atoms. The Balaban J connectivity index is 2.99. The number of hydrogen-bond donors (Lipinski definition) is 2. The van der Waals surface area contributed by atoms with Crippen LogP contribution in [0.1, 0.15) is 20.8 Å². The van der Waals surface area contributed by atoms with Crippen molar-refractivity contribution in [2.24, 2.45) is 19.6 Å². The van der Waals surface area contributed by atoms with Crippen LogP contribution in [-0.2, 0) is 30.0 Å². The Bertz CT molecular complexity index is 542. The minimum atomic E-state index is -1.36. The second-order valence-electron chi connectivity index (χ2n) is 4.53. The molecule has 2 atom stereocenters. The van der Waals surface area contributed by atoms with Crippen LogP contribution in [0.4, 0.5) is 0 Å². The molecule has 1 rings (SSSR count). The van der Waals surface area contributed by atoms with E-state index in [1.54, 1.807) is 20.8 Å². The van der Waals surface area contributed by atoms with Gasteiger partial charge in [-0.1, -0.05) is 0 Å². The fourth-order valence-corrected chi connectivity index (χ4v) is 1.94. The van der Waals surface area contributed by atoms with E-state index in [9.17, 15) is 9.59 Å². The maximum absolute atomic E-state index is 11.2. The smallest absolute Gasteiger partial charge is 0.340 e. The second kappa shape index (κ2) is 6.42. The predicted octanol–water partition coefficient (Wildman–Crippen LogP) is -0.0247. The molecular weight excluding hydrogens is 288 g/mol. The monoisotopic (exact) mass is 302 g/mol. The molecule has 0 radical (unpaired) electrons. The topological polar surface area (TPSA) is 136 Å². The summed E-state index contributed by atoms with van der Waals surface area (Å²) in [6, 6.07) is 0. The minimum absolute atomic E-state index is 0.0249. The van der Waals surface area contributed by atoms with Crippen LogP contribution in [0, 0.1) is 0 Å². The SMILES string of the molecule is CC(C)(C)OC(C(=O)O)C1=NS(=NOC=C=O)C(N)=N1. The van der Waals surface area contributed by atoms with Crippen LogP contribution in [0.5, 0.6) is 0 Å². The van der Waals surface area contributed by atoms with E-state index in [0.717, 1.165) is 0 Å². The Morgan fingerprint density at radius 2 is 2.25 bits per heavy atom. The Kier molecular flexibility index (Phi) is 5.14. The van der Waals surface area contributed by atoms with Gasteiger partial charge >= 0.3 is 5.97 Å². The fraction of sp³-hybridized carbons (Fsp3) is 0.500. The first-order valence-corrected chi connectivity index (χ1v) is 6.52. The summed E-state index contributed by atoms with van der Waals surface area (Å²) in [6.45, 7) is 5.11. The summed E-state index contributed by atoms with van der Waals surface area (Å²) in [5.74, 6) is 0.0127. The van der Waals surface area contributed by atoms with Crippen molar-refractivity contribution in [3.63, 3.8) is 0 Å². The van der Waals surface area contributed by atoms with E-state index in [0.29, 0.717) is 6.26 Å². The summed E-state index contributed by atoms with van der Waals surface area (Å²) in [5.41, 5.74) is 4.86. The van der Waals surface area contributed by atoms with Gasteiger partial charge in [-0.3, -0.25) is 0 Å². The van der Waals surface area contributed by atoms with Crippen molar-refractivity contribution in [1.82, 2.24) is 0 Å². The van der Waals surface area contributed by atoms with Gasteiger partial charge in [-0.05, 0) is 25.3 Å². The summed E-state index contributed by atoms with van der Waals surface area (Å²) in [4.78, 5) is 29.4. The van der Waals surface area contributed by atoms with Crippen molar-refractivity contribution < 1.29 is 24.3 Å². The quantitative estimate of drug-likeness (QED) is 0.416. The number of carboxylic acid groups (broad SMARTS) is 1. The van der Waals surface area contributed by atoms with Crippen LogP contribution in [0.2, 0.25) is 0 Å². The lowest BCUT2D eigenvalue weighted by Crippen LogP contribution is -2.38. The van der Waals surface area contributed by atoms with Crippen molar-refractivity contribution in [2.75, 3.05) is 0 Å². The van der Waals surface area contributed by atoms with Crippen LogP contribution < -0.4 is 5.73 Å². The standard InChI is InChI=1S/C10H14N4O5S/c1-10(2,3)19-6(8(16)17)7-12-9(11)20(13-7)14-18-5-4-15/h5-6H,1-3H3,(H,16,17)(H2,11,12,13). The van der Waals surface area contributed by atoms with Gasteiger partial charge in [-0.25, -0.2) is 14.6 Å². The number of nitrogens with two attached hydrogens (primary N) is 1. The van der Waals surface area contributed by atoms with E-state index in [-0.39, 0.29) is 11.0 Å². The van der Waals surface area contributed by atoms with Crippen LogP contribution in [0.25, 0.3) is 0 Å². The van der Waals surface area contributed by atoms with Crippen LogP contribution >= 0.6 is 0 Å². The highest BCUT2D eigenvalue weighted by Crippen LogP contribution is 2.16. The van der Waals surface area contributed by atoms with E-state index in [2.05, 4.69) is 18.8 Å². The zero-order valence-electron chi connectivity index (χ0n) is 11.1. The molecule has 0 saturated carbocycles. The molecule has 0 aliphatic carbocycles. The first-order chi connectivity index (χ1) is 9.24. The van der Waals surface area contributed by atoms with Crippen molar-refractivity contribution in [3.05, 3.63) is 6.26 Å². The second-order valence-corrected chi connectivity index (χ2v) is 5.81. The van der Waals surface area contributed by atoms with Crippen molar-refractivity contribution in [2.45, 2.75) is 32.5 Å². The van der Waals surface area contributed by atoms with Gasteiger partial charge in [0.05, 0.1) is 5.60 Å². The third-order valence-corrected chi connectivity index (χ3v) is 2.79. The predicted molar refractivity (Wildman–Crippen MR) is 72.5 cm³/mol. The molecule has 3 N–H and O–H groups in total. The zero-order valence-corrected chi connectivity index (χ0v) is 11.9. The molecule has 110 valence electrons. The molecule has 1 heterocycles. The molecule has 0 aromatic heterocycles. The van der Waals surface area contributed by atoms with Crippen molar-refractivity contribution in [1.29, 1.82) is 0 Å². The number of aliphatic imine (C=N–C) groups is 1. The lowest BCUT2D eigenvalue weighted by Gasteiger charge is -2.23.